The highest BCUT2D eigenvalue weighted by molar-refractivity contribution is 14.0. The summed E-state index contributed by atoms with van der Waals surface area (Å²) in [7, 11) is 1.60. The number of aliphatic imine (C=N–C) groups is 1. The van der Waals surface area contributed by atoms with E-state index in [-0.39, 0.29) is 43.0 Å². The average molecular weight is 563 g/mol. The molecule has 1 aliphatic heterocycles. The molecule has 1 aromatic heterocycles. The Morgan fingerprint density at radius 2 is 1.97 bits per heavy atom. The highest BCUT2D eigenvalue weighted by Crippen LogP contribution is 2.34. The van der Waals surface area contributed by atoms with E-state index in [2.05, 4.69) is 20.6 Å². The maximum Gasteiger partial charge on any atom is 0.421 e. The summed E-state index contributed by atoms with van der Waals surface area (Å²) in [6.45, 7) is 1.47. The number of nitrogens with one attached hydrogen (secondary N) is 2. The van der Waals surface area contributed by atoms with Gasteiger partial charge in [-0.15, -0.1) is 24.0 Å². The monoisotopic (exact) mass is 563 g/mol. The molecule has 11 heteroatoms. The van der Waals surface area contributed by atoms with E-state index < -0.39 is 17.6 Å². The lowest BCUT2D eigenvalue weighted by Crippen LogP contribution is -2.39. The molecule has 2 heterocycles. The van der Waals surface area contributed by atoms with Crippen molar-refractivity contribution < 1.29 is 22.7 Å². The lowest BCUT2D eigenvalue weighted by molar-refractivity contribution is -0.139. The number of amides is 1. The van der Waals surface area contributed by atoms with Crippen LogP contribution in [0.5, 0.6) is 5.88 Å². The highest BCUT2D eigenvalue weighted by atomic mass is 127. The third-order valence-electron chi connectivity index (χ3n) is 4.71. The lowest BCUT2D eigenvalue weighted by atomic mass is 10.2. The molecule has 32 heavy (non-hydrogen) atoms. The van der Waals surface area contributed by atoms with Crippen molar-refractivity contribution in [2.24, 2.45) is 4.99 Å². The Labute approximate surface area is 201 Å². The predicted octanol–water partition coefficient (Wildman–Crippen LogP) is 3.59. The Bertz CT molecular complexity index is 922. The number of aromatic nitrogens is 1. The predicted molar refractivity (Wildman–Crippen MR) is 126 cm³/mol. The number of rotatable bonds is 7. The summed E-state index contributed by atoms with van der Waals surface area (Å²) >= 11 is 0. The van der Waals surface area contributed by atoms with Gasteiger partial charge >= 0.3 is 6.18 Å². The van der Waals surface area contributed by atoms with E-state index >= 15 is 0 Å². The highest BCUT2D eigenvalue weighted by Gasteiger charge is 2.35. The molecule has 0 aliphatic carbocycles. The van der Waals surface area contributed by atoms with Gasteiger partial charge in [-0.25, -0.2) is 4.98 Å². The second kappa shape index (κ2) is 11.9. The van der Waals surface area contributed by atoms with Crippen LogP contribution in [0.3, 0.4) is 0 Å². The van der Waals surface area contributed by atoms with E-state index in [1.165, 1.54) is 12.3 Å². The Morgan fingerprint density at radius 3 is 2.59 bits per heavy atom. The second-order valence-corrected chi connectivity index (χ2v) is 6.87. The number of alkyl halides is 3. The first-order valence-electron chi connectivity index (χ1n) is 9.87. The fraction of sp³-hybridized carbons (Fsp3) is 0.381. The van der Waals surface area contributed by atoms with Crippen LogP contribution in [0.4, 0.5) is 18.9 Å². The van der Waals surface area contributed by atoms with Crippen molar-refractivity contribution in [3.63, 3.8) is 0 Å². The molecule has 174 valence electrons. The second-order valence-electron chi connectivity index (χ2n) is 6.87. The molecular formula is C21H25F3IN5O2. The van der Waals surface area contributed by atoms with Gasteiger partial charge < -0.3 is 20.3 Å². The van der Waals surface area contributed by atoms with Crippen LogP contribution < -0.4 is 20.3 Å². The first-order valence-corrected chi connectivity index (χ1v) is 9.87. The number of carbonyl (C=O) groups is 1. The number of carbonyl (C=O) groups excluding carboxylic acids is 1. The zero-order chi connectivity index (χ0) is 22.3. The number of ether oxygens (including phenoxy) is 1. The topological polar surface area (TPSA) is 78.9 Å². The van der Waals surface area contributed by atoms with Crippen molar-refractivity contribution >= 4 is 41.5 Å². The number of pyridine rings is 1. The first kappa shape index (κ1) is 25.7. The summed E-state index contributed by atoms with van der Waals surface area (Å²) in [5, 5.41) is 6.11. The summed E-state index contributed by atoms with van der Waals surface area (Å²) in [6.07, 6.45) is -1.80. The Balaban J connectivity index is 0.00000363. The van der Waals surface area contributed by atoms with Gasteiger partial charge in [0, 0.05) is 38.4 Å². The number of hydrogen-bond donors (Lipinski definition) is 2. The summed E-state index contributed by atoms with van der Waals surface area (Å²) in [5.41, 5.74) is 0.980. The molecule has 7 nitrogen and oxygen atoms in total. The van der Waals surface area contributed by atoms with E-state index in [0.29, 0.717) is 18.9 Å². The average Bonchev–Trinajstić information content (AvgIpc) is 3.19. The normalized spacial score (nSPS) is 14.2. The minimum atomic E-state index is -4.52. The van der Waals surface area contributed by atoms with Crippen molar-refractivity contribution in [3.05, 3.63) is 53.7 Å². The zero-order valence-corrected chi connectivity index (χ0v) is 19.8. The van der Waals surface area contributed by atoms with Crippen LogP contribution in [0.1, 0.15) is 24.0 Å². The Kier molecular flexibility index (Phi) is 9.54. The molecule has 1 fully saturated rings. The fourth-order valence-corrected chi connectivity index (χ4v) is 3.16. The van der Waals surface area contributed by atoms with Crippen molar-refractivity contribution in [2.45, 2.75) is 25.6 Å². The standard InChI is InChI=1S/C21H24F3N5O2.HI/c1-25-20(27-11-13-31-19-17(21(22,23)24)4-2-10-26-19)28-14-15-6-8-16(9-7-15)29-12-3-5-18(29)30;/h2,4,6-10H,3,5,11-14H2,1H3,(H2,25,27,28);1H. The zero-order valence-electron chi connectivity index (χ0n) is 17.5. The number of nitrogens with zero attached hydrogens (tertiary/aromatic N) is 3. The van der Waals surface area contributed by atoms with Crippen LogP contribution in [-0.2, 0) is 17.5 Å². The van der Waals surface area contributed by atoms with Gasteiger partial charge in [0.2, 0.25) is 11.8 Å². The van der Waals surface area contributed by atoms with Crippen molar-refractivity contribution in [1.29, 1.82) is 0 Å². The van der Waals surface area contributed by atoms with Crippen LogP contribution in [0.25, 0.3) is 0 Å². The van der Waals surface area contributed by atoms with Gasteiger partial charge in [-0.05, 0) is 36.2 Å². The molecule has 2 N–H and O–H groups in total. The van der Waals surface area contributed by atoms with Gasteiger partial charge in [0.15, 0.2) is 5.96 Å². The number of anilines is 1. The van der Waals surface area contributed by atoms with Crippen LogP contribution in [0.15, 0.2) is 47.6 Å². The minimum absolute atomic E-state index is 0. The molecule has 0 atom stereocenters. The molecule has 1 aliphatic rings. The molecule has 0 bridgehead atoms. The van der Waals surface area contributed by atoms with Gasteiger partial charge in [-0.2, -0.15) is 13.2 Å². The first-order chi connectivity index (χ1) is 14.9. The maximum absolute atomic E-state index is 12.9. The smallest absolute Gasteiger partial charge is 0.421 e. The van der Waals surface area contributed by atoms with E-state index in [9.17, 15) is 18.0 Å². The van der Waals surface area contributed by atoms with Gasteiger partial charge in [0.05, 0.1) is 6.54 Å². The van der Waals surface area contributed by atoms with Crippen molar-refractivity contribution in [1.82, 2.24) is 15.6 Å². The lowest BCUT2D eigenvalue weighted by Gasteiger charge is -2.16. The summed E-state index contributed by atoms with van der Waals surface area (Å²) in [6, 6.07) is 9.84. The molecule has 1 aromatic carbocycles. The van der Waals surface area contributed by atoms with E-state index in [0.717, 1.165) is 30.3 Å². The molecule has 1 amide bonds. The number of benzene rings is 1. The van der Waals surface area contributed by atoms with E-state index in [4.69, 9.17) is 4.74 Å². The van der Waals surface area contributed by atoms with Crippen molar-refractivity contribution in [3.8, 4) is 5.88 Å². The van der Waals surface area contributed by atoms with Crippen LogP contribution in [-0.4, -0.2) is 43.6 Å². The number of guanidine groups is 1. The largest absolute Gasteiger partial charge is 0.475 e. The SMILES string of the molecule is CN=C(NCCOc1ncccc1C(F)(F)F)NCc1ccc(N2CCCC2=O)cc1.I. The minimum Gasteiger partial charge on any atom is -0.475 e. The van der Waals surface area contributed by atoms with Gasteiger partial charge in [-0.3, -0.25) is 9.79 Å². The summed E-state index contributed by atoms with van der Waals surface area (Å²) in [4.78, 5) is 21.3. The Hall–Kier alpha value is -2.57. The molecule has 0 unspecified atom stereocenters. The van der Waals surface area contributed by atoms with Gasteiger partial charge in [0.25, 0.3) is 0 Å². The molecular weight excluding hydrogens is 538 g/mol. The molecule has 0 saturated carbocycles. The molecule has 3 rings (SSSR count). The molecule has 0 spiro atoms. The number of halogens is 4. The summed E-state index contributed by atoms with van der Waals surface area (Å²) in [5.74, 6) is 0.182. The van der Waals surface area contributed by atoms with Gasteiger partial charge in [0.1, 0.15) is 12.2 Å². The summed E-state index contributed by atoms with van der Waals surface area (Å²) < 4.78 is 44.0. The maximum atomic E-state index is 12.9. The van der Waals surface area contributed by atoms with Crippen LogP contribution in [0.2, 0.25) is 0 Å². The third-order valence-corrected chi connectivity index (χ3v) is 4.71. The molecule has 2 aromatic rings. The van der Waals surface area contributed by atoms with Crippen LogP contribution in [0, 0.1) is 0 Å². The number of hydrogen-bond acceptors (Lipinski definition) is 4. The molecule has 0 radical (unpaired) electrons. The Morgan fingerprint density at radius 1 is 1.22 bits per heavy atom. The third kappa shape index (κ3) is 6.97. The van der Waals surface area contributed by atoms with E-state index in [1.54, 1.807) is 11.9 Å². The molecule has 1 saturated heterocycles. The fourth-order valence-electron chi connectivity index (χ4n) is 3.16. The quantitative estimate of drug-likeness (QED) is 0.233. The van der Waals surface area contributed by atoms with E-state index in [1.807, 2.05) is 24.3 Å². The van der Waals surface area contributed by atoms with Crippen molar-refractivity contribution in [2.75, 3.05) is 31.6 Å². The van der Waals surface area contributed by atoms with Crippen LogP contribution >= 0.6 is 24.0 Å². The van der Waals surface area contributed by atoms with Gasteiger partial charge in [-0.1, -0.05) is 12.1 Å².